The maximum atomic E-state index is 12.4. The second kappa shape index (κ2) is 9.75. The summed E-state index contributed by atoms with van der Waals surface area (Å²) in [5.74, 6) is 1.00. The van der Waals surface area contributed by atoms with Gasteiger partial charge in [0.15, 0.2) is 0 Å². The van der Waals surface area contributed by atoms with E-state index in [-0.39, 0.29) is 18.4 Å². The quantitative estimate of drug-likeness (QED) is 0.730. The maximum Gasteiger partial charge on any atom is 0.239 e. The molecule has 0 bridgehead atoms. The first kappa shape index (κ1) is 19.7. The zero-order valence-electron chi connectivity index (χ0n) is 15.3. The molecule has 2 rings (SSSR count). The summed E-state index contributed by atoms with van der Waals surface area (Å²) < 4.78 is 5.58. The Bertz CT molecular complexity index is 518. The normalized spacial score (nSPS) is 19.3. The molecule has 1 aromatic rings. The van der Waals surface area contributed by atoms with Crippen molar-refractivity contribution in [3.63, 3.8) is 0 Å². The highest BCUT2D eigenvalue weighted by atomic mass is 16.5. The van der Waals surface area contributed by atoms with E-state index in [1.54, 1.807) is 0 Å². The maximum absolute atomic E-state index is 12.4. The minimum absolute atomic E-state index is 0.0435. The van der Waals surface area contributed by atoms with Gasteiger partial charge in [0.25, 0.3) is 0 Å². The number of benzene rings is 1. The van der Waals surface area contributed by atoms with Crippen LogP contribution in [0.1, 0.15) is 20.3 Å². The van der Waals surface area contributed by atoms with Crippen LogP contribution in [0.5, 0.6) is 5.75 Å². The van der Waals surface area contributed by atoms with E-state index < -0.39 is 12.1 Å². The van der Waals surface area contributed by atoms with E-state index in [2.05, 4.69) is 11.8 Å². The second-order valence-electron chi connectivity index (χ2n) is 6.82. The lowest BCUT2D eigenvalue weighted by Crippen LogP contribution is -2.55. The molecule has 1 saturated heterocycles. The molecule has 1 heterocycles. The number of amides is 1. The third-order valence-corrected chi connectivity index (χ3v) is 4.88. The number of carbonyl (C=O) groups excluding carboxylic acids is 1. The van der Waals surface area contributed by atoms with Crippen molar-refractivity contribution in [1.29, 1.82) is 0 Å². The van der Waals surface area contributed by atoms with Crippen LogP contribution in [0.4, 0.5) is 0 Å². The van der Waals surface area contributed by atoms with Crippen molar-refractivity contribution in [3.05, 3.63) is 30.3 Å². The Hall–Kier alpha value is -1.63. The first-order valence-corrected chi connectivity index (χ1v) is 9.14. The van der Waals surface area contributed by atoms with Gasteiger partial charge in [0.2, 0.25) is 5.91 Å². The van der Waals surface area contributed by atoms with Crippen LogP contribution in [0.15, 0.2) is 30.3 Å². The third kappa shape index (κ3) is 5.99. The molecule has 1 aliphatic heterocycles. The lowest BCUT2D eigenvalue weighted by molar-refractivity contribution is -0.135. The number of piperazine rings is 1. The van der Waals surface area contributed by atoms with Gasteiger partial charge in [-0.1, -0.05) is 38.5 Å². The van der Waals surface area contributed by atoms with Crippen LogP contribution in [0.3, 0.4) is 0 Å². The summed E-state index contributed by atoms with van der Waals surface area (Å²) in [4.78, 5) is 16.4. The van der Waals surface area contributed by atoms with Crippen molar-refractivity contribution < 1.29 is 14.6 Å². The van der Waals surface area contributed by atoms with Gasteiger partial charge in [0, 0.05) is 32.7 Å². The molecule has 0 saturated carbocycles. The van der Waals surface area contributed by atoms with E-state index in [4.69, 9.17) is 10.5 Å². The van der Waals surface area contributed by atoms with Gasteiger partial charge in [-0.15, -0.1) is 0 Å². The average Bonchev–Trinajstić information content (AvgIpc) is 2.66. The molecule has 0 aliphatic carbocycles. The van der Waals surface area contributed by atoms with E-state index in [1.807, 2.05) is 42.2 Å². The first-order chi connectivity index (χ1) is 12.0. The number of para-hydroxylation sites is 1. The number of rotatable bonds is 8. The monoisotopic (exact) mass is 349 g/mol. The standard InChI is InChI=1S/C19H31N3O3/c1-3-15(2)18(20)19(24)22-11-9-21(10-12-22)13-16(23)14-25-17-7-5-4-6-8-17/h4-8,15-16,18,23H,3,9-14,20H2,1-2H3. The summed E-state index contributed by atoms with van der Waals surface area (Å²) in [6, 6.07) is 9.07. The lowest BCUT2D eigenvalue weighted by Gasteiger charge is -2.37. The highest BCUT2D eigenvalue weighted by Crippen LogP contribution is 2.12. The van der Waals surface area contributed by atoms with Crippen LogP contribution in [0, 0.1) is 5.92 Å². The summed E-state index contributed by atoms with van der Waals surface area (Å²) in [5.41, 5.74) is 6.05. The molecule has 0 radical (unpaired) electrons. The first-order valence-electron chi connectivity index (χ1n) is 9.14. The zero-order valence-corrected chi connectivity index (χ0v) is 15.3. The third-order valence-electron chi connectivity index (χ3n) is 4.88. The van der Waals surface area contributed by atoms with Crippen LogP contribution in [0.25, 0.3) is 0 Å². The van der Waals surface area contributed by atoms with Gasteiger partial charge in [-0.25, -0.2) is 0 Å². The van der Waals surface area contributed by atoms with Crippen molar-refractivity contribution in [1.82, 2.24) is 9.80 Å². The van der Waals surface area contributed by atoms with Crippen molar-refractivity contribution in [2.45, 2.75) is 32.4 Å². The van der Waals surface area contributed by atoms with Crippen LogP contribution >= 0.6 is 0 Å². The summed E-state index contributed by atoms with van der Waals surface area (Å²) in [7, 11) is 0. The van der Waals surface area contributed by atoms with E-state index in [0.29, 0.717) is 19.6 Å². The summed E-state index contributed by atoms with van der Waals surface area (Å²) >= 11 is 0. The molecule has 1 aliphatic rings. The second-order valence-corrected chi connectivity index (χ2v) is 6.82. The van der Waals surface area contributed by atoms with Gasteiger partial charge < -0.3 is 20.5 Å². The number of aliphatic hydroxyl groups excluding tert-OH is 1. The van der Waals surface area contributed by atoms with Crippen LogP contribution in [0.2, 0.25) is 0 Å². The molecule has 3 N–H and O–H groups in total. The Morgan fingerprint density at radius 2 is 1.88 bits per heavy atom. The SMILES string of the molecule is CCC(C)C(N)C(=O)N1CCN(CC(O)COc2ccccc2)CC1. The number of carbonyl (C=O) groups is 1. The molecule has 3 unspecified atom stereocenters. The Morgan fingerprint density at radius 3 is 2.48 bits per heavy atom. The van der Waals surface area contributed by atoms with Crippen molar-refractivity contribution >= 4 is 5.91 Å². The van der Waals surface area contributed by atoms with Gasteiger partial charge >= 0.3 is 0 Å². The van der Waals surface area contributed by atoms with Gasteiger partial charge in [-0.3, -0.25) is 9.69 Å². The lowest BCUT2D eigenvalue weighted by atomic mass is 9.98. The summed E-state index contributed by atoms with van der Waals surface area (Å²) in [5, 5.41) is 10.2. The van der Waals surface area contributed by atoms with Gasteiger partial charge in [0.1, 0.15) is 18.5 Å². The minimum atomic E-state index is -0.551. The molecular formula is C19H31N3O3. The van der Waals surface area contributed by atoms with Gasteiger partial charge in [-0.2, -0.15) is 0 Å². The van der Waals surface area contributed by atoms with E-state index >= 15 is 0 Å². The van der Waals surface area contributed by atoms with Crippen molar-refractivity contribution in [2.24, 2.45) is 11.7 Å². The molecule has 3 atom stereocenters. The number of hydrogen-bond donors (Lipinski definition) is 2. The molecule has 0 spiro atoms. The molecule has 1 fully saturated rings. The molecular weight excluding hydrogens is 318 g/mol. The van der Waals surface area contributed by atoms with Crippen LogP contribution in [-0.4, -0.2) is 72.3 Å². The molecule has 6 nitrogen and oxygen atoms in total. The Morgan fingerprint density at radius 1 is 1.24 bits per heavy atom. The summed E-state index contributed by atoms with van der Waals surface area (Å²) in [6.07, 6.45) is 0.352. The Kier molecular flexibility index (Phi) is 7.68. The molecule has 6 heteroatoms. The average molecular weight is 349 g/mol. The van der Waals surface area contributed by atoms with E-state index in [1.165, 1.54) is 0 Å². The largest absolute Gasteiger partial charge is 0.491 e. The fourth-order valence-corrected chi connectivity index (χ4v) is 2.92. The number of ether oxygens (including phenoxy) is 1. The van der Waals surface area contributed by atoms with Crippen molar-refractivity contribution in [3.8, 4) is 5.75 Å². The highest BCUT2D eigenvalue weighted by Gasteiger charge is 2.28. The number of nitrogens with two attached hydrogens (primary N) is 1. The number of hydrogen-bond acceptors (Lipinski definition) is 5. The molecule has 1 amide bonds. The summed E-state index contributed by atoms with van der Waals surface area (Å²) in [6.45, 7) is 7.71. The van der Waals surface area contributed by atoms with E-state index in [0.717, 1.165) is 25.3 Å². The van der Waals surface area contributed by atoms with Gasteiger partial charge in [0.05, 0.1) is 6.04 Å². The fourth-order valence-electron chi connectivity index (χ4n) is 2.92. The molecule has 0 aromatic heterocycles. The number of nitrogens with zero attached hydrogens (tertiary/aromatic N) is 2. The smallest absolute Gasteiger partial charge is 0.239 e. The Labute approximate surface area is 150 Å². The Balaban J connectivity index is 1.70. The minimum Gasteiger partial charge on any atom is -0.491 e. The molecule has 140 valence electrons. The van der Waals surface area contributed by atoms with Crippen LogP contribution in [-0.2, 0) is 4.79 Å². The predicted octanol–water partition coefficient (Wildman–Crippen LogP) is 0.944. The van der Waals surface area contributed by atoms with Gasteiger partial charge in [-0.05, 0) is 18.1 Å². The van der Waals surface area contributed by atoms with Crippen molar-refractivity contribution in [2.75, 3.05) is 39.3 Å². The highest BCUT2D eigenvalue weighted by molar-refractivity contribution is 5.82. The molecule has 1 aromatic carbocycles. The zero-order chi connectivity index (χ0) is 18.2. The predicted molar refractivity (Wildman–Crippen MR) is 98.4 cm³/mol. The number of aliphatic hydroxyl groups is 1. The fraction of sp³-hybridized carbons (Fsp3) is 0.632. The number of β-amino-alcohol motifs (C(OH)–C–C–N with tert-alkyl or cyclic N) is 1. The molecule has 25 heavy (non-hydrogen) atoms. The topological polar surface area (TPSA) is 79.0 Å². The van der Waals surface area contributed by atoms with E-state index in [9.17, 15) is 9.90 Å². The van der Waals surface area contributed by atoms with Crippen LogP contribution < -0.4 is 10.5 Å².